The van der Waals surface area contributed by atoms with E-state index < -0.39 is 5.60 Å². The quantitative estimate of drug-likeness (QED) is 0.260. The highest BCUT2D eigenvalue weighted by Crippen LogP contribution is 2.26. The lowest BCUT2D eigenvalue weighted by Crippen LogP contribution is -2.59. The number of likely N-dealkylation sites (tertiary alicyclic amines) is 1. The van der Waals surface area contributed by atoms with Crippen LogP contribution in [-0.4, -0.2) is 78.5 Å². The highest BCUT2D eigenvalue weighted by molar-refractivity contribution is 6.11. The molecule has 2 N–H and O–H groups in total. The molecule has 0 aromatic heterocycles. The van der Waals surface area contributed by atoms with Gasteiger partial charge in [-0.1, -0.05) is 61.1 Å². The van der Waals surface area contributed by atoms with Crippen LogP contribution in [0.1, 0.15) is 72.4 Å². The summed E-state index contributed by atoms with van der Waals surface area (Å²) in [6, 6.07) is 8.59. The van der Waals surface area contributed by atoms with Crippen LogP contribution in [0.25, 0.3) is 5.70 Å². The molecule has 9 nitrogen and oxygen atoms in total. The van der Waals surface area contributed by atoms with E-state index in [-0.39, 0.29) is 17.9 Å². The fourth-order valence-electron chi connectivity index (χ4n) is 5.37. The van der Waals surface area contributed by atoms with Gasteiger partial charge in [-0.05, 0) is 78.7 Å². The van der Waals surface area contributed by atoms with E-state index in [1.807, 2.05) is 39.8 Å². The van der Waals surface area contributed by atoms with E-state index in [9.17, 15) is 9.59 Å². The predicted molar refractivity (Wildman–Crippen MR) is 196 cm³/mol. The van der Waals surface area contributed by atoms with Gasteiger partial charge in [-0.15, -0.1) is 0 Å². The Morgan fingerprint density at radius 1 is 1.10 bits per heavy atom. The zero-order valence-corrected chi connectivity index (χ0v) is 30.2. The maximum atomic E-state index is 11.8. The third-order valence-electron chi connectivity index (χ3n) is 7.78. The molecule has 3 heterocycles. The van der Waals surface area contributed by atoms with Gasteiger partial charge in [0, 0.05) is 61.5 Å². The van der Waals surface area contributed by atoms with Gasteiger partial charge in [-0.2, -0.15) is 0 Å². The van der Waals surface area contributed by atoms with Crippen LogP contribution < -0.4 is 10.6 Å². The number of hydrogen-bond donors (Lipinski definition) is 2. The second-order valence-corrected chi connectivity index (χ2v) is 13.4. The van der Waals surface area contributed by atoms with Crippen molar-refractivity contribution in [1.82, 2.24) is 20.4 Å². The lowest BCUT2D eigenvalue weighted by molar-refractivity contribution is -0.116. The van der Waals surface area contributed by atoms with Crippen LogP contribution in [0.15, 0.2) is 95.0 Å². The number of nitrogens with one attached hydrogen (secondary N) is 2. The molecule has 0 radical (unpaired) electrons. The van der Waals surface area contributed by atoms with Crippen molar-refractivity contribution in [3.63, 3.8) is 0 Å². The van der Waals surface area contributed by atoms with Crippen LogP contribution in [0.4, 0.5) is 4.79 Å². The number of aryl methyl sites for hydroxylation is 1. The molecule has 2 saturated heterocycles. The summed E-state index contributed by atoms with van der Waals surface area (Å²) in [7, 11) is 0. The SMILES string of the molecule is C=CN=C1NC(c2ccc(C)cc2)=C/C1=C(/C)N1CCOCC1.CC/C=C/C=C(\C=C(/C)CC(C)=O)N1CC(NC(=O)OC(C)(C)C)C1. The summed E-state index contributed by atoms with van der Waals surface area (Å²) in [5.41, 5.74) is 7.46. The first-order valence-electron chi connectivity index (χ1n) is 16.9. The summed E-state index contributed by atoms with van der Waals surface area (Å²) in [4.78, 5) is 32.1. The van der Waals surface area contributed by atoms with Crippen LogP contribution in [0.3, 0.4) is 0 Å². The fourth-order valence-corrected chi connectivity index (χ4v) is 5.37. The summed E-state index contributed by atoms with van der Waals surface area (Å²) in [5.74, 6) is 1.02. The van der Waals surface area contributed by atoms with Gasteiger partial charge in [-0.3, -0.25) is 4.79 Å². The van der Waals surface area contributed by atoms with Gasteiger partial charge in [0.25, 0.3) is 0 Å². The first kappa shape index (κ1) is 38.1. The zero-order chi connectivity index (χ0) is 35.3. The van der Waals surface area contributed by atoms with E-state index in [4.69, 9.17) is 9.47 Å². The van der Waals surface area contributed by atoms with Crippen LogP contribution in [0, 0.1) is 6.92 Å². The summed E-state index contributed by atoms with van der Waals surface area (Å²) in [6.45, 7) is 24.0. The first-order chi connectivity index (χ1) is 22.8. The second kappa shape index (κ2) is 18.2. The summed E-state index contributed by atoms with van der Waals surface area (Å²) in [5, 5.41) is 6.31. The first-order valence-corrected chi connectivity index (χ1v) is 16.9. The van der Waals surface area contributed by atoms with Crippen molar-refractivity contribution < 1.29 is 19.1 Å². The third kappa shape index (κ3) is 12.3. The van der Waals surface area contributed by atoms with E-state index in [0.29, 0.717) is 6.42 Å². The van der Waals surface area contributed by atoms with Gasteiger partial charge in [0.2, 0.25) is 0 Å². The van der Waals surface area contributed by atoms with Crippen molar-refractivity contribution in [2.45, 2.75) is 79.9 Å². The molecule has 1 amide bonds. The number of ether oxygens (including phenoxy) is 2. The molecule has 0 saturated carbocycles. The number of carbonyl (C=O) groups is 2. The van der Waals surface area contributed by atoms with Gasteiger partial charge in [0.1, 0.15) is 17.2 Å². The fraction of sp³-hybridized carbons (Fsp3) is 0.462. The van der Waals surface area contributed by atoms with Gasteiger partial charge in [0.05, 0.1) is 19.3 Å². The summed E-state index contributed by atoms with van der Waals surface area (Å²) in [6.07, 6.45) is 13.0. The molecule has 2 fully saturated rings. The standard InChI is InChI=1S/C20H32N2O3.C19H23N3O/c1-7-8-9-10-18(12-15(2)11-16(3)23)22-13-17(14-22)21-19(24)25-20(4,5)6;1-4-20-19-17(15(3)22-9-11-23-12-10-22)13-18(21-19)16-7-5-14(2)6-8-16/h8-10,12,17H,7,11,13-14H2,1-6H3,(H,21,24);4-8,13H,1,9-12H2,2-3H3,(H,20,21)/b9-8+,15-12+,18-10+;17-15+. The Morgan fingerprint density at radius 2 is 1.77 bits per heavy atom. The lowest BCUT2D eigenvalue weighted by Gasteiger charge is -2.42. The number of amides is 1. The number of rotatable bonds is 10. The molecule has 48 heavy (non-hydrogen) atoms. The molecule has 0 unspecified atom stereocenters. The number of carbonyl (C=O) groups excluding carboxylic acids is 2. The highest BCUT2D eigenvalue weighted by Gasteiger charge is 2.30. The van der Waals surface area contributed by atoms with E-state index in [2.05, 4.69) is 95.3 Å². The minimum atomic E-state index is -0.490. The monoisotopic (exact) mass is 657 g/mol. The molecule has 0 bridgehead atoms. The molecular weight excluding hydrogens is 602 g/mol. The molecule has 1 aromatic carbocycles. The number of morpholine rings is 1. The second-order valence-electron chi connectivity index (χ2n) is 13.4. The third-order valence-corrected chi connectivity index (χ3v) is 7.78. The van der Waals surface area contributed by atoms with Crippen LogP contribution in [0.5, 0.6) is 0 Å². The Hall–Kier alpha value is -4.37. The van der Waals surface area contributed by atoms with E-state index in [1.165, 1.54) is 11.3 Å². The molecule has 0 spiro atoms. The highest BCUT2D eigenvalue weighted by atomic mass is 16.6. The largest absolute Gasteiger partial charge is 0.444 e. The van der Waals surface area contributed by atoms with Crippen LogP contribution in [-0.2, 0) is 14.3 Å². The topological polar surface area (TPSA) is 95.5 Å². The average Bonchev–Trinajstić information content (AvgIpc) is 3.42. The number of Topliss-reactive ketones (excluding diaryl/α,β-unsaturated/α-hetero) is 1. The normalized spacial score (nSPS) is 19.2. The van der Waals surface area contributed by atoms with Crippen molar-refractivity contribution in [2.75, 3.05) is 39.4 Å². The Kier molecular flexibility index (Phi) is 14.5. The van der Waals surface area contributed by atoms with E-state index >= 15 is 0 Å². The van der Waals surface area contributed by atoms with Crippen molar-refractivity contribution >= 4 is 23.4 Å². The Labute approximate surface area is 287 Å². The molecular formula is C39H55N5O4. The molecule has 0 aliphatic carbocycles. The average molecular weight is 658 g/mol. The Morgan fingerprint density at radius 3 is 2.35 bits per heavy atom. The smallest absolute Gasteiger partial charge is 0.407 e. The molecule has 9 heteroatoms. The van der Waals surface area contributed by atoms with Gasteiger partial charge < -0.3 is 29.9 Å². The number of nitrogens with zero attached hydrogens (tertiary/aromatic N) is 3. The maximum Gasteiger partial charge on any atom is 0.407 e. The molecule has 0 atom stereocenters. The van der Waals surface area contributed by atoms with Gasteiger partial charge >= 0.3 is 6.09 Å². The van der Waals surface area contributed by atoms with E-state index in [1.54, 1.807) is 13.1 Å². The molecule has 260 valence electrons. The number of aliphatic imine (C=N–C) groups is 1. The molecule has 3 aliphatic rings. The van der Waals surface area contributed by atoms with Crippen LogP contribution >= 0.6 is 0 Å². The van der Waals surface area contributed by atoms with E-state index in [0.717, 1.165) is 79.8 Å². The molecule has 3 aliphatic heterocycles. The van der Waals surface area contributed by atoms with Gasteiger partial charge in [-0.25, -0.2) is 9.79 Å². The Balaban J connectivity index is 0.000000261. The number of benzene rings is 1. The molecule has 1 aromatic rings. The minimum absolute atomic E-state index is 0.0786. The Bertz CT molecular complexity index is 1460. The number of alkyl carbamates (subject to hydrolysis) is 1. The maximum absolute atomic E-state index is 11.8. The zero-order valence-electron chi connectivity index (χ0n) is 30.2. The van der Waals surface area contributed by atoms with Crippen molar-refractivity contribution in [3.8, 4) is 0 Å². The summed E-state index contributed by atoms with van der Waals surface area (Å²) < 4.78 is 10.7. The van der Waals surface area contributed by atoms with Gasteiger partial charge in [0.15, 0.2) is 0 Å². The number of amidine groups is 1. The lowest BCUT2D eigenvalue weighted by atomic mass is 10.0. The number of ketones is 1. The predicted octanol–water partition coefficient (Wildman–Crippen LogP) is 7.06. The molecule has 4 rings (SSSR count). The van der Waals surface area contributed by atoms with Crippen LogP contribution in [0.2, 0.25) is 0 Å². The minimum Gasteiger partial charge on any atom is -0.444 e. The number of allylic oxidation sites excluding steroid dienone is 6. The summed E-state index contributed by atoms with van der Waals surface area (Å²) >= 11 is 0. The van der Waals surface area contributed by atoms with Crippen molar-refractivity contribution in [3.05, 3.63) is 101 Å². The van der Waals surface area contributed by atoms with Crippen molar-refractivity contribution in [1.29, 1.82) is 0 Å². The number of hydrogen-bond acceptors (Lipinski definition) is 7. The van der Waals surface area contributed by atoms with Crippen molar-refractivity contribution in [2.24, 2.45) is 4.99 Å².